The fourth-order valence-electron chi connectivity index (χ4n) is 3.26. The number of likely N-dealkylation sites (tertiary alicyclic amines) is 1. The Labute approximate surface area is 121 Å². The van der Waals surface area contributed by atoms with Gasteiger partial charge in [0.2, 0.25) is 0 Å². The summed E-state index contributed by atoms with van der Waals surface area (Å²) in [6.07, 6.45) is 4.00. The third kappa shape index (κ3) is 3.53. The molecule has 0 spiro atoms. The molecule has 1 fully saturated rings. The Morgan fingerprint density at radius 1 is 1.32 bits per heavy atom. The van der Waals surface area contributed by atoms with Crippen molar-refractivity contribution in [1.82, 2.24) is 10.2 Å². The van der Waals surface area contributed by atoms with Gasteiger partial charge in [0.1, 0.15) is 0 Å². The molecule has 0 aromatic heterocycles. The molecule has 1 N–H and O–H groups in total. The molecule has 0 saturated carbocycles. The van der Waals surface area contributed by atoms with E-state index in [1.807, 2.05) is 0 Å². The van der Waals surface area contributed by atoms with E-state index in [0.717, 1.165) is 17.7 Å². The highest BCUT2D eigenvalue weighted by Gasteiger charge is 2.22. The van der Waals surface area contributed by atoms with E-state index in [9.17, 15) is 0 Å². The minimum absolute atomic E-state index is 0.735. The normalized spacial score (nSPS) is 27.4. The number of fused-ring (bicyclic) bond motifs is 1. The van der Waals surface area contributed by atoms with Crippen molar-refractivity contribution in [2.45, 2.75) is 29.4 Å². The largest absolute Gasteiger partial charge is 0.315 e. The van der Waals surface area contributed by atoms with Crippen LogP contribution in [0.5, 0.6) is 0 Å². The van der Waals surface area contributed by atoms with Crippen LogP contribution in [0.1, 0.15) is 18.4 Å². The summed E-state index contributed by atoms with van der Waals surface area (Å²) < 4.78 is 0. The van der Waals surface area contributed by atoms with Crippen LogP contribution < -0.4 is 5.32 Å². The molecule has 2 aliphatic rings. The van der Waals surface area contributed by atoms with Gasteiger partial charge in [0.05, 0.1) is 0 Å². The average Bonchev–Trinajstić information content (AvgIpc) is 2.81. The van der Waals surface area contributed by atoms with Gasteiger partial charge in [-0.05, 0) is 56.9 Å². The van der Waals surface area contributed by atoms with Crippen LogP contribution in [0.2, 0.25) is 0 Å². The molecule has 3 heteroatoms. The molecule has 0 aliphatic carbocycles. The lowest BCUT2D eigenvalue weighted by atomic mass is 9.98. The van der Waals surface area contributed by atoms with Gasteiger partial charge in [-0.15, -0.1) is 11.8 Å². The van der Waals surface area contributed by atoms with Crippen LogP contribution in [0.25, 0.3) is 0 Å². The molecule has 19 heavy (non-hydrogen) atoms. The van der Waals surface area contributed by atoms with Crippen molar-refractivity contribution in [3.05, 3.63) is 29.8 Å². The van der Waals surface area contributed by atoms with Gasteiger partial charge in [-0.25, -0.2) is 0 Å². The lowest BCUT2D eigenvalue weighted by molar-refractivity contribution is 0.206. The van der Waals surface area contributed by atoms with Gasteiger partial charge in [-0.1, -0.05) is 18.2 Å². The second kappa shape index (κ2) is 6.29. The summed E-state index contributed by atoms with van der Waals surface area (Å²) in [7, 11) is 2.25. The molecule has 0 bridgehead atoms. The van der Waals surface area contributed by atoms with Crippen LogP contribution >= 0.6 is 11.8 Å². The predicted molar refractivity (Wildman–Crippen MR) is 82.9 cm³/mol. The lowest BCUT2D eigenvalue weighted by Gasteiger charge is -2.30. The van der Waals surface area contributed by atoms with E-state index in [1.165, 1.54) is 49.4 Å². The highest BCUT2D eigenvalue weighted by atomic mass is 32.2. The third-order valence-corrected chi connectivity index (χ3v) is 5.56. The summed E-state index contributed by atoms with van der Waals surface area (Å²) in [6.45, 7) is 4.90. The van der Waals surface area contributed by atoms with Gasteiger partial charge < -0.3 is 10.2 Å². The maximum Gasteiger partial charge on any atom is 0.0260 e. The fourth-order valence-corrected chi connectivity index (χ4v) is 4.54. The SMILES string of the molecule is CN1CCCC(CNCC2Cc3ccccc3S2)C1. The summed E-state index contributed by atoms with van der Waals surface area (Å²) >= 11 is 2.05. The fraction of sp³-hybridized carbons (Fsp3) is 0.625. The summed E-state index contributed by atoms with van der Waals surface area (Å²) in [5.74, 6) is 0.854. The van der Waals surface area contributed by atoms with Crippen LogP contribution in [0.4, 0.5) is 0 Å². The second-order valence-corrected chi connectivity index (χ2v) is 7.32. The van der Waals surface area contributed by atoms with E-state index in [0.29, 0.717) is 0 Å². The van der Waals surface area contributed by atoms with E-state index < -0.39 is 0 Å². The van der Waals surface area contributed by atoms with Crippen molar-refractivity contribution in [3.8, 4) is 0 Å². The van der Waals surface area contributed by atoms with Gasteiger partial charge in [0, 0.05) is 23.2 Å². The zero-order valence-electron chi connectivity index (χ0n) is 11.8. The van der Waals surface area contributed by atoms with Gasteiger partial charge in [0.25, 0.3) is 0 Å². The van der Waals surface area contributed by atoms with E-state index in [-0.39, 0.29) is 0 Å². The molecule has 1 aromatic rings. The Kier molecular flexibility index (Phi) is 4.46. The number of hydrogen-bond acceptors (Lipinski definition) is 3. The number of nitrogens with zero attached hydrogens (tertiary/aromatic N) is 1. The van der Waals surface area contributed by atoms with Crippen molar-refractivity contribution < 1.29 is 0 Å². The molecule has 2 nitrogen and oxygen atoms in total. The molecule has 0 radical (unpaired) electrons. The lowest BCUT2D eigenvalue weighted by Crippen LogP contribution is -2.38. The minimum atomic E-state index is 0.735. The molecular formula is C16H24N2S. The van der Waals surface area contributed by atoms with Crippen LogP contribution in [0, 0.1) is 5.92 Å². The molecule has 1 saturated heterocycles. The molecule has 2 aliphatic heterocycles. The van der Waals surface area contributed by atoms with Gasteiger partial charge in [0.15, 0.2) is 0 Å². The zero-order valence-corrected chi connectivity index (χ0v) is 12.6. The maximum absolute atomic E-state index is 3.70. The third-order valence-electron chi connectivity index (χ3n) is 4.24. The Morgan fingerprint density at radius 3 is 3.05 bits per heavy atom. The van der Waals surface area contributed by atoms with Crippen LogP contribution in [0.3, 0.4) is 0 Å². The highest BCUT2D eigenvalue weighted by molar-refractivity contribution is 8.00. The number of hydrogen-bond donors (Lipinski definition) is 1. The molecule has 2 heterocycles. The smallest absolute Gasteiger partial charge is 0.0260 e. The van der Waals surface area contributed by atoms with Crippen molar-refractivity contribution in [1.29, 1.82) is 0 Å². The van der Waals surface area contributed by atoms with Gasteiger partial charge >= 0.3 is 0 Å². The Hall–Kier alpha value is -0.510. The highest BCUT2D eigenvalue weighted by Crippen LogP contribution is 2.36. The predicted octanol–water partition coefficient (Wildman–Crippen LogP) is 2.63. The first-order valence-corrected chi connectivity index (χ1v) is 8.33. The maximum atomic E-state index is 3.70. The second-order valence-electron chi connectivity index (χ2n) is 5.98. The van der Waals surface area contributed by atoms with E-state index in [2.05, 4.69) is 53.3 Å². The minimum Gasteiger partial charge on any atom is -0.315 e. The first-order chi connectivity index (χ1) is 9.31. The number of piperidine rings is 1. The van der Waals surface area contributed by atoms with Crippen molar-refractivity contribution >= 4 is 11.8 Å². The molecular weight excluding hydrogens is 252 g/mol. The number of thioether (sulfide) groups is 1. The Balaban J connectivity index is 1.40. The summed E-state index contributed by atoms with van der Waals surface area (Å²) in [6, 6.07) is 8.85. The van der Waals surface area contributed by atoms with Crippen molar-refractivity contribution in [3.63, 3.8) is 0 Å². The molecule has 1 aromatic carbocycles. The summed E-state index contributed by atoms with van der Waals surface area (Å²) in [5, 5.41) is 4.44. The van der Waals surface area contributed by atoms with Gasteiger partial charge in [-0.3, -0.25) is 0 Å². The van der Waals surface area contributed by atoms with E-state index in [1.54, 1.807) is 0 Å². The summed E-state index contributed by atoms with van der Waals surface area (Å²) in [5.41, 5.74) is 1.54. The molecule has 104 valence electrons. The Morgan fingerprint density at radius 2 is 2.21 bits per heavy atom. The van der Waals surface area contributed by atoms with E-state index in [4.69, 9.17) is 0 Å². The number of rotatable bonds is 4. The zero-order chi connectivity index (χ0) is 13.1. The first kappa shape index (κ1) is 13.5. The van der Waals surface area contributed by atoms with Crippen molar-refractivity contribution in [2.75, 3.05) is 33.2 Å². The topological polar surface area (TPSA) is 15.3 Å². The quantitative estimate of drug-likeness (QED) is 0.910. The Bertz CT molecular complexity index is 396. The van der Waals surface area contributed by atoms with Crippen LogP contribution in [-0.4, -0.2) is 43.4 Å². The van der Waals surface area contributed by atoms with Gasteiger partial charge in [-0.2, -0.15) is 0 Å². The summed E-state index contributed by atoms with van der Waals surface area (Å²) in [4.78, 5) is 3.96. The molecule has 3 rings (SSSR count). The van der Waals surface area contributed by atoms with Crippen LogP contribution in [0.15, 0.2) is 29.2 Å². The molecule has 2 atom stereocenters. The first-order valence-electron chi connectivity index (χ1n) is 7.45. The standard InChI is InChI=1S/C16H24N2S/c1-18-8-4-5-13(12-18)10-17-11-15-9-14-6-2-3-7-16(14)19-15/h2-3,6-7,13,15,17H,4-5,8-12H2,1H3. The van der Waals surface area contributed by atoms with Crippen molar-refractivity contribution in [2.24, 2.45) is 5.92 Å². The van der Waals surface area contributed by atoms with Crippen LogP contribution in [-0.2, 0) is 6.42 Å². The molecule has 0 amide bonds. The monoisotopic (exact) mass is 276 g/mol. The number of nitrogens with one attached hydrogen (secondary N) is 1. The molecule has 2 unspecified atom stereocenters. The average molecular weight is 276 g/mol. The van der Waals surface area contributed by atoms with E-state index >= 15 is 0 Å². The number of benzene rings is 1.